The van der Waals surface area contributed by atoms with Crippen LogP contribution in [0, 0.1) is 0 Å². The summed E-state index contributed by atoms with van der Waals surface area (Å²) in [6.07, 6.45) is 0. The molecule has 0 saturated heterocycles. The van der Waals surface area contributed by atoms with Gasteiger partial charge >= 0.3 is 0 Å². The molecule has 22 heavy (non-hydrogen) atoms. The summed E-state index contributed by atoms with van der Waals surface area (Å²) in [6, 6.07) is 18.4. The van der Waals surface area contributed by atoms with Gasteiger partial charge in [0.2, 0.25) is 0 Å². The highest BCUT2D eigenvalue weighted by Gasteiger charge is 2.46. The van der Waals surface area contributed by atoms with Crippen molar-refractivity contribution < 1.29 is 9.90 Å². The molecule has 0 saturated carbocycles. The zero-order chi connectivity index (χ0) is 15.3. The number of halogens is 1. The van der Waals surface area contributed by atoms with Gasteiger partial charge in [0.15, 0.2) is 5.60 Å². The first-order valence-corrected chi connectivity index (χ1v) is 7.30. The Bertz CT molecular complexity index is 922. The number of benzene rings is 3. The van der Waals surface area contributed by atoms with E-state index in [4.69, 9.17) is 11.6 Å². The fourth-order valence-corrected chi connectivity index (χ4v) is 3.14. The van der Waals surface area contributed by atoms with Gasteiger partial charge in [-0.05, 0) is 34.5 Å². The number of carbonyl (C=O) groups excluding carboxylic acids is 1. The van der Waals surface area contributed by atoms with Crippen molar-refractivity contribution in [2.75, 3.05) is 5.32 Å². The minimum atomic E-state index is -1.69. The predicted octanol–water partition coefficient (Wildman–Crippen LogP) is 3.68. The quantitative estimate of drug-likeness (QED) is 0.720. The highest BCUT2D eigenvalue weighted by Crippen LogP contribution is 2.42. The van der Waals surface area contributed by atoms with E-state index in [2.05, 4.69) is 5.32 Å². The van der Waals surface area contributed by atoms with Gasteiger partial charge in [-0.2, -0.15) is 0 Å². The third-order valence-corrected chi connectivity index (χ3v) is 4.35. The Kier molecular flexibility index (Phi) is 2.76. The number of carbonyl (C=O) groups is 1. The van der Waals surface area contributed by atoms with E-state index in [9.17, 15) is 9.90 Å². The average Bonchev–Trinajstić information content (AvgIpc) is 2.78. The second kappa shape index (κ2) is 4.57. The Labute approximate surface area is 132 Å². The molecule has 4 heteroatoms. The zero-order valence-electron chi connectivity index (χ0n) is 11.5. The number of amides is 1. The highest BCUT2D eigenvalue weighted by atomic mass is 35.5. The number of hydrogen-bond donors (Lipinski definition) is 2. The van der Waals surface area contributed by atoms with E-state index in [1.54, 1.807) is 24.3 Å². The molecule has 2 N–H and O–H groups in total. The number of nitrogens with one attached hydrogen (secondary N) is 1. The summed E-state index contributed by atoms with van der Waals surface area (Å²) in [5, 5.41) is 16.3. The second-order valence-electron chi connectivity index (χ2n) is 5.42. The first-order chi connectivity index (χ1) is 10.6. The van der Waals surface area contributed by atoms with Gasteiger partial charge in [-0.1, -0.05) is 54.1 Å². The van der Waals surface area contributed by atoms with Gasteiger partial charge < -0.3 is 10.4 Å². The lowest BCUT2D eigenvalue weighted by molar-refractivity contribution is -0.129. The van der Waals surface area contributed by atoms with Crippen molar-refractivity contribution in [3.05, 3.63) is 76.8 Å². The molecular formula is C18H12ClNO2. The van der Waals surface area contributed by atoms with E-state index in [1.165, 1.54) is 0 Å². The van der Waals surface area contributed by atoms with E-state index in [1.807, 2.05) is 36.4 Å². The normalized spacial score (nSPS) is 20.0. The molecule has 4 rings (SSSR count). The number of rotatable bonds is 1. The Morgan fingerprint density at radius 3 is 2.55 bits per heavy atom. The van der Waals surface area contributed by atoms with Gasteiger partial charge in [-0.3, -0.25) is 4.79 Å². The fraction of sp³-hybridized carbons (Fsp3) is 0.0556. The molecule has 1 aliphatic heterocycles. The third kappa shape index (κ3) is 1.76. The molecule has 0 aliphatic carbocycles. The maximum atomic E-state index is 12.4. The van der Waals surface area contributed by atoms with E-state index in [-0.39, 0.29) is 0 Å². The third-order valence-electron chi connectivity index (χ3n) is 4.12. The van der Waals surface area contributed by atoms with Gasteiger partial charge in [0.05, 0.1) is 0 Å². The summed E-state index contributed by atoms with van der Waals surface area (Å²) in [4.78, 5) is 12.4. The van der Waals surface area contributed by atoms with Crippen LogP contribution in [-0.4, -0.2) is 11.0 Å². The molecule has 1 atom stereocenters. The van der Waals surface area contributed by atoms with Crippen LogP contribution in [0.5, 0.6) is 0 Å². The number of anilines is 1. The summed E-state index contributed by atoms with van der Waals surface area (Å²) in [5.74, 6) is -0.458. The Balaban J connectivity index is 1.95. The molecule has 3 aromatic carbocycles. The summed E-state index contributed by atoms with van der Waals surface area (Å²) in [5.41, 5.74) is -0.0700. The molecule has 0 radical (unpaired) electrons. The van der Waals surface area contributed by atoms with Crippen molar-refractivity contribution in [1.82, 2.24) is 0 Å². The molecule has 0 spiro atoms. The molecule has 1 amide bonds. The minimum Gasteiger partial charge on any atom is -0.372 e. The van der Waals surface area contributed by atoms with E-state index in [0.29, 0.717) is 21.8 Å². The van der Waals surface area contributed by atoms with Gasteiger partial charge in [-0.15, -0.1) is 0 Å². The summed E-state index contributed by atoms with van der Waals surface area (Å²) in [6.45, 7) is 0. The van der Waals surface area contributed by atoms with Crippen LogP contribution in [0.4, 0.5) is 5.69 Å². The van der Waals surface area contributed by atoms with Crippen LogP contribution < -0.4 is 5.32 Å². The SMILES string of the molecule is O=C1Nc2cc(Cl)ccc2C1(O)c1ccc2ccccc2c1. The van der Waals surface area contributed by atoms with Crippen molar-refractivity contribution in [2.24, 2.45) is 0 Å². The zero-order valence-corrected chi connectivity index (χ0v) is 12.3. The maximum Gasteiger partial charge on any atom is 0.265 e. The lowest BCUT2D eigenvalue weighted by atomic mass is 9.86. The standard InChI is InChI=1S/C18H12ClNO2/c19-14-7-8-15-16(10-14)20-17(21)18(15,22)13-6-5-11-3-1-2-4-12(11)9-13/h1-10,22H,(H,20,21). The Morgan fingerprint density at radius 1 is 0.955 bits per heavy atom. The fourth-order valence-electron chi connectivity index (χ4n) is 2.97. The van der Waals surface area contributed by atoms with E-state index < -0.39 is 11.5 Å². The van der Waals surface area contributed by atoms with Crippen molar-refractivity contribution in [3.8, 4) is 0 Å². The monoisotopic (exact) mass is 309 g/mol. The smallest absolute Gasteiger partial charge is 0.265 e. The van der Waals surface area contributed by atoms with E-state index >= 15 is 0 Å². The van der Waals surface area contributed by atoms with Crippen LogP contribution in [0.2, 0.25) is 5.02 Å². The lowest BCUT2D eigenvalue weighted by Gasteiger charge is -2.22. The molecule has 1 heterocycles. The van der Waals surface area contributed by atoms with Crippen molar-refractivity contribution in [1.29, 1.82) is 0 Å². The van der Waals surface area contributed by atoms with Crippen LogP contribution in [-0.2, 0) is 10.4 Å². The van der Waals surface area contributed by atoms with Crippen LogP contribution in [0.15, 0.2) is 60.7 Å². The second-order valence-corrected chi connectivity index (χ2v) is 5.85. The molecule has 3 aromatic rings. The van der Waals surface area contributed by atoms with Crippen molar-refractivity contribution >= 4 is 34.0 Å². The first kappa shape index (κ1) is 13.3. The number of aliphatic hydroxyl groups is 1. The molecule has 1 unspecified atom stereocenters. The van der Waals surface area contributed by atoms with Gasteiger partial charge in [0.1, 0.15) is 0 Å². The summed E-state index contributed by atoms with van der Waals surface area (Å²) < 4.78 is 0. The van der Waals surface area contributed by atoms with Crippen LogP contribution >= 0.6 is 11.6 Å². The highest BCUT2D eigenvalue weighted by molar-refractivity contribution is 6.31. The summed E-state index contributed by atoms with van der Waals surface area (Å²) in [7, 11) is 0. The van der Waals surface area contributed by atoms with Crippen molar-refractivity contribution in [3.63, 3.8) is 0 Å². The predicted molar refractivity (Wildman–Crippen MR) is 87.0 cm³/mol. The van der Waals surface area contributed by atoms with Crippen LogP contribution in [0.25, 0.3) is 10.8 Å². The first-order valence-electron chi connectivity index (χ1n) is 6.92. The molecule has 1 aliphatic rings. The van der Waals surface area contributed by atoms with Gasteiger partial charge in [0, 0.05) is 16.3 Å². The van der Waals surface area contributed by atoms with Gasteiger partial charge in [0.25, 0.3) is 5.91 Å². The summed E-state index contributed by atoms with van der Waals surface area (Å²) >= 11 is 5.96. The topological polar surface area (TPSA) is 49.3 Å². The number of hydrogen-bond acceptors (Lipinski definition) is 2. The molecular weight excluding hydrogens is 298 g/mol. The Morgan fingerprint density at radius 2 is 1.73 bits per heavy atom. The average molecular weight is 310 g/mol. The van der Waals surface area contributed by atoms with Crippen LogP contribution in [0.3, 0.4) is 0 Å². The Hall–Kier alpha value is -2.36. The van der Waals surface area contributed by atoms with Crippen molar-refractivity contribution in [2.45, 2.75) is 5.60 Å². The minimum absolute atomic E-state index is 0.458. The largest absolute Gasteiger partial charge is 0.372 e. The molecule has 0 aromatic heterocycles. The molecule has 108 valence electrons. The molecule has 3 nitrogen and oxygen atoms in total. The van der Waals surface area contributed by atoms with Gasteiger partial charge in [-0.25, -0.2) is 0 Å². The number of fused-ring (bicyclic) bond motifs is 2. The van der Waals surface area contributed by atoms with Crippen LogP contribution in [0.1, 0.15) is 11.1 Å². The molecule has 0 fully saturated rings. The van der Waals surface area contributed by atoms with E-state index in [0.717, 1.165) is 10.8 Å². The maximum absolute atomic E-state index is 12.4. The lowest BCUT2D eigenvalue weighted by Crippen LogP contribution is -2.35. The molecule has 0 bridgehead atoms.